The second kappa shape index (κ2) is 11.1. The zero-order valence-electron chi connectivity index (χ0n) is 14.1. The van der Waals surface area contributed by atoms with Crippen LogP contribution in [0, 0.1) is 6.92 Å². The summed E-state index contributed by atoms with van der Waals surface area (Å²) >= 11 is 0. The molecule has 0 saturated carbocycles. The van der Waals surface area contributed by atoms with Gasteiger partial charge in [0.2, 0.25) is 0 Å². The third-order valence-corrected chi connectivity index (χ3v) is 2.83. The predicted octanol–water partition coefficient (Wildman–Crippen LogP) is -5.57. The fourth-order valence-electron chi connectivity index (χ4n) is 1.74. The van der Waals surface area contributed by atoms with Gasteiger partial charge in [-0.25, -0.2) is 0 Å². The first-order chi connectivity index (χ1) is 9.80. The SMILES string of the molecule is Cc1ccc2cc(OC(C)(C)C(=O)[O-])ccc2c1.O=C[O-].[Na+].[Na+]. The smallest absolute Gasteiger partial charge is 0.554 e. The Kier molecular flexibility index (Phi) is 11.9. The molecule has 0 aliphatic heterocycles. The third-order valence-electron chi connectivity index (χ3n) is 2.83. The van der Waals surface area contributed by atoms with Crippen molar-refractivity contribution in [3.8, 4) is 5.75 Å². The first kappa shape index (κ1) is 24.7. The molecule has 0 saturated heterocycles. The van der Waals surface area contributed by atoms with Crippen LogP contribution in [0.3, 0.4) is 0 Å². The number of carbonyl (C=O) groups is 2. The minimum atomic E-state index is -1.33. The van der Waals surface area contributed by atoms with Gasteiger partial charge >= 0.3 is 59.1 Å². The predicted molar refractivity (Wildman–Crippen MR) is 74.5 cm³/mol. The molecule has 0 aliphatic rings. The number of benzene rings is 2. The number of hydrogen-bond acceptors (Lipinski definition) is 5. The maximum Gasteiger partial charge on any atom is 1.00 e. The number of ether oxygens (including phenoxy) is 1. The maximum atomic E-state index is 10.9. The van der Waals surface area contributed by atoms with E-state index in [1.54, 1.807) is 6.07 Å². The molecule has 0 atom stereocenters. The largest absolute Gasteiger partial charge is 1.00 e. The topological polar surface area (TPSA) is 89.5 Å². The number of carbonyl (C=O) groups excluding carboxylic acids is 2. The molecular weight excluding hydrogens is 318 g/mol. The molecule has 0 unspecified atom stereocenters. The van der Waals surface area contributed by atoms with Gasteiger partial charge in [0, 0.05) is 6.47 Å². The molecule has 0 amide bonds. The van der Waals surface area contributed by atoms with Crippen LogP contribution in [0.1, 0.15) is 19.4 Å². The zero-order valence-corrected chi connectivity index (χ0v) is 18.1. The standard InChI is InChI=1S/C15H16O3.CH2O2.2Na/c1-10-4-5-12-9-13(7-6-11(12)8-10)18-15(2,3)14(16)17;2-1-3;;/h4-9H,1-3H3,(H,16,17);1H,(H,2,3);;/q;;2*+1/p-2. The summed E-state index contributed by atoms with van der Waals surface area (Å²) in [7, 11) is 0. The number of fused-ring (bicyclic) bond motifs is 1. The van der Waals surface area contributed by atoms with Crippen LogP contribution in [-0.2, 0) is 9.59 Å². The van der Waals surface area contributed by atoms with Gasteiger partial charge in [-0.2, -0.15) is 0 Å². The van der Waals surface area contributed by atoms with Crippen LogP contribution in [0.2, 0.25) is 0 Å². The number of rotatable bonds is 3. The van der Waals surface area contributed by atoms with Crippen molar-refractivity contribution >= 4 is 23.2 Å². The van der Waals surface area contributed by atoms with E-state index in [1.165, 1.54) is 19.4 Å². The average Bonchev–Trinajstić information content (AvgIpc) is 2.39. The van der Waals surface area contributed by atoms with Crippen molar-refractivity contribution in [3.05, 3.63) is 42.0 Å². The molecule has 0 N–H and O–H groups in total. The van der Waals surface area contributed by atoms with E-state index in [2.05, 4.69) is 6.07 Å². The molecule has 0 fully saturated rings. The summed E-state index contributed by atoms with van der Waals surface area (Å²) in [5.41, 5.74) is -0.149. The van der Waals surface area contributed by atoms with Gasteiger partial charge in [0.05, 0.1) is 5.97 Å². The average molecular weight is 334 g/mol. The van der Waals surface area contributed by atoms with E-state index in [0.717, 1.165) is 10.8 Å². The first-order valence-electron chi connectivity index (χ1n) is 6.26. The number of carboxylic acid groups (broad SMARTS) is 2. The number of hydrogen-bond donors (Lipinski definition) is 0. The summed E-state index contributed by atoms with van der Waals surface area (Å²) in [6.07, 6.45) is 0. The summed E-state index contributed by atoms with van der Waals surface area (Å²) in [5, 5.41) is 21.3. The molecule has 2 aromatic carbocycles. The van der Waals surface area contributed by atoms with Crippen molar-refractivity contribution in [2.75, 3.05) is 0 Å². The molecule has 5 nitrogen and oxygen atoms in total. The summed E-state index contributed by atoms with van der Waals surface area (Å²) in [5.74, 6) is -0.702. The molecule has 112 valence electrons. The van der Waals surface area contributed by atoms with Gasteiger partial charge in [0.1, 0.15) is 11.4 Å². The number of aliphatic carboxylic acids is 1. The Morgan fingerprint density at radius 3 is 2.09 bits per heavy atom. The molecule has 0 heterocycles. The minimum absolute atomic E-state index is 0. The van der Waals surface area contributed by atoms with Crippen molar-refractivity contribution in [3.63, 3.8) is 0 Å². The van der Waals surface area contributed by atoms with E-state index in [9.17, 15) is 9.90 Å². The molecule has 0 radical (unpaired) electrons. The molecule has 0 aliphatic carbocycles. The molecule has 2 rings (SSSR count). The molecule has 0 spiro atoms. The second-order valence-corrected chi connectivity index (χ2v) is 5.01. The number of aryl methyl sites for hydroxylation is 1. The van der Waals surface area contributed by atoms with E-state index in [1.807, 2.05) is 31.2 Å². The van der Waals surface area contributed by atoms with E-state index in [4.69, 9.17) is 14.6 Å². The molecule has 2 aromatic rings. The first-order valence-corrected chi connectivity index (χ1v) is 6.26. The van der Waals surface area contributed by atoms with E-state index in [-0.39, 0.29) is 59.1 Å². The molecule has 7 heteroatoms. The quantitative estimate of drug-likeness (QED) is 0.413. The summed E-state index contributed by atoms with van der Waals surface area (Å²) in [6.45, 7) is 4.48. The Balaban J connectivity index is 0. The van der Waals surface area contributed by atoms with Crippen LogP contribution < -0.4 is 74.1 Å². The van der Waals surface area contributed by atoms with Crippen LogP contribution in [0.4, 0.5) is 0 Å². The van der Waals surface area contributed by atoms with E-state index >= 15 is 0 Å². The summed E-state index contributed by atoms with van der Waals surface area (Å²) in [4.78, 5) is 19.1. The van der Waals surface area contributed by atoms with Crippen molar-refractivity contribution < 1.29 is 83.7 Å². The van der Waals surface area contributed by atoms with Crippen molar-refractivity contribution in [2.45, 2.75) is 26.4 Å². The Labute approximate surface area is 179 Å². The molecule has 0 aromatic heterocycles. The van der Waals surface area contributed by atoms with Crippen molar-refractivity contribution in [2.24, 2.45) is 0 Å². The Bertz CT molecular complexity index is 656. The molecule has 0 bridgehead atoms. The third kappa shape index (κ3) is 7.70. The van der Waals surface area contributed by atoms with Crippen molar-refractivity contribution in [1.29, 1.82) is 0 Å². The van der Waals surface area contributed by atoms with Crippen LogP contribution in [0.5, 0.6) is 5.75 Å². The molecular formula is C16H16Na2O5. The van der Waals surface area contributed by atoms with E-state index in [0.29, 0.717) is 5.75 Å². The Hall–Kier alpha value is -0.560. The van der Waals surface area contributed by atoms with Crippen LogP contribution in [-0.4, -0.2) is 18.0 Å². The van der Waals surface area contributed by atoms with Crippen LogP contribution in [0.25, 0.3) is 10.8 Å². The summed E-state index contributed by atoms with van der Waals surface area (Å²) in [6, 6.07) is 11.6. The van der Waals surface area contributed by atoms with Crippen molar-refractivity contribution in [1.82, 2.24) is 0 Å². The van der Waals surface area contributed by atoms with Gasteiger partial charge in [-0.1, -0.05) is 29.8 Å². The van der Waals surface area contributed by atoms with Crippen LogP contribution in [0.15, 0.2) is 36.4 Å². The van der Waals surface area contributed by atoms with Gasteiger partial charge in [0.25, 0.3) is 0 Å². The zero-order chi connectivity index (χ0) is 16.0. The Morgan fingerprint density at radius 2 is 1.57 bits per heavy atom. The van der Waals surface area contributed by atoms with Gasteiger partial charge in [0.15, 0.2) is 0 Å². The fourth-order valence-corrected chi connectivity index (χ4v) is 1.74. The summed E-state index contributed by atoms with van der Waals surface area (Å²) < 4.78 is 5.44. The monoisotopic (exact) mass is 334 g/mol. The van der Waals surface area contributed by atoms with Gasteiger partial charge in [-0.3, -0.25) is 0 Å². The minimum Gasteiger partial charge on any atom is -0.554 e. The van der Waals surface area contributed by atoms with Gasteiger partial charge < -0.3 is 24.5 Å². The number of carboxylic acids is 1. The normalized spacial score (nSPS) is 9.52. The van der Waals surface area contributed by atoms with Crippen LogP contribution >= 0.6 is 0 Å². The molecule has 23 heavy (non-hydrogen) atoms. The van der Waals surface area contributed by atoms with Gasteiger partial charge in [-0.05, 0) is 43.7 Å². The second-order valence-electron chi connectivity index (χ2n) is 5.01. The maximum absolute atomic E-state index is 10.9. The van der Waals surface area contributed by atoms with Gasteiger partial charge in [-0.15, -0.1) is 0 Å². The van der Waals surface area contributed by atoms with E-state index < -0.39 is 18.0 Å². The Morgan fingerprint density at radius 1 is 1.09 bits per heavy atom. The fraction of sp³-hybridized carbons (Fsp3) is 0.250.